The van der Waals surface area contributed by atoms with Crippen molar-refractivity contribution >= 4 is 99.4 Å². The Labute approximate surface area is 545 Å². The molecule has 0 aromatic carbocycles. The summed E-state index contributed by atoms with van der Waals surface area (Å²) in [6.45, 7) is 55.1. The van der Waals surface area contributed by atoms with Gasteiger partial charge in [-0.3, -0.25) is 63.9 Å². The van der Waals surface area contributed by atoms with E-state index in [9.17, 15) is 52.7 Å². The zero-order valence-electron chi connectivity index (χ0n) is 55.1. The fourth-order valence-corrected chi connectivity index (χ4v) is 11.1. The second kappa shape index (κ2) is 39.4. The minimum atomic E-state index is -0.500. The number of hydrogen-bond donors (Lipinski definition) is 8. The highest BCUT2D eigenvalue weighted by Crippen LogP contribution is 2.32. The van der Waals surface area contributed by atoms with Crippen LogP contribution in [-0.4, -0.2) is 116 Å². The lowest BCUT2D eigenvalue weighted by molar-refractivity contribution is -0.142. The average molecular weight is 1320 g/mol. The third-order valence-corrected chi connectivity index (χ3v) is 16.8. The molecule has 8 aliphatic rings. The molecule has 27 heteroatoms. The van der Waals surface area contributed by atoms with E-state index >= 15 is 0 Å². The summed E-state index contributed by atoms with van der Waals surface area (Å²) < 4.78 is 19.7. The van der Waals surface area contributed by atoms with Crippen molar-refractivity contribution in [2.24, 2.45) is 59.2 Å². The molecule has 0 saturated carbocycles. The molecule has 0 radical (unpaired) electrons. The van der Waals surface area contributed by atoms with Crippen LogP contribution in [0.3, 0.4) is 0 Å². The number of nitrogens with zero attached hydrogens (tertiary/aromatic N) is 1. The number of esters is 1. The standard InChI is InChI=1S/C7H12N2O.2C7H11NO2.2C7H11NOS.C7H11NO.C7H10O3.C7H10O2S.C6H10N2O2.CH4/c1-4(2)6-7(10)9-5(3)8-6;4*1-4(2)6-7(9)8-5(3)10-6;1-5(2)7-4-6(3)8-9-7;2*1-4(2)6-5(8)3-10-7(6)9;1-3(2)4-5(9)8-6(10)7-4;/h4,6,8H,3H2,1-2H3,(H,9,10);4*4,6H,3H2,1-2H3,(H,8,9);4-5H,1-3H3;2*4,6H,3H2,1-2H3;3-4H,1-2H3,(H2,7,8,9,10);1H4. The number of urea groups is 1. The van der Waals surface area contributed by atoms with Crippen LogP contribution in [0.25, 0.3) is 0 Å². The predicted octanol–water partition coefficient (Wildman–Crippen LogP) is 8.23. The summed E-state index contributed by atoms with van der Waals surface area (Å²) in [5, 5.41) is 26.1. The molecule has 1 aromatic heterocycles. The molecule has 9 heterocycles. The lowest BCUT2D eigenvalue weighted by atomic mass is 9.94. The summed E-state index contributed by atoms with van der Waals surface area (Å²) in [6.07, 6.45) is -0.681. The Morgan fingerprint density at radius 3 is 1.07 bits per heavy atom. The number of ketones is 2. The Bertz CT molecular complexity index is 2360. The number of aromatic nitrogens is 1. The lowest BCUT2D eigenvalue weighted by Gasteiger charge is -2.10. The van der Waals surface area contributed by atoms with Crippen LogP contribution in [0.4, 0.5) is 4.79 Å². The smallest absolute Gasteiger partial charge is 0.322 e. The second-order valence-electron chi connectivity index (χ2n) is 24.4. The van der Waals surface area contributed by atoms with E-state index in [0.717, 1.165) is 33.3 Å². The topological polar surface area (TPSA) is 338 Å². The molecule has 8 unspecified atom stereocenters. The van der Waals surface area contributed by atoms with E-state index in [1.807, 2.05) is 124 Å². The molecule has 8 saturated heterocycles. The van der Waals surface area contributed by atoms with Gasteiger partial charge in [0.1, 0.15) is 23.8 Å². The van der Waals surface area contributed by atoms with Crippen LogP contribution in [0, 0.1) is 66.1 Å². The van der Waals surface area contributed by atoms with E-state index in [2.05, 4.69) is 99.2 Å². The second-order valence-corrected chi connectivity index (χ2v) is 27.9. The van der Waals surface area contributed by atoms with Gasteiger partial charge in [-0.15, -0.1) is 0 Å². The number of thioether (sulfide) groups is 3. The number of ether oxygens (including phenoxy) is 3. The molecule has 506 valence electrons. The lowest BCUT2D eigenvalue weighted by Crippen LogP contribution is -2.33. The van der Waals surface area contributed by atoms with E-state index in [-0.39, 0.29) is 148 Å². The Morgan fingerprint density at radius 2 is 0.911 bits per heavy atom. The highest BCUT2D eigenvalue weighted by atomic mass is 32.2. The Balaban J connectivity index is 0.000000989. The van der Waals surface area contributed by atoms with Crippen LogP contribution < -0.4 is 42.5 Å². The van der Waals surface area contributed by atoms with Crippen LogP contribution in [0.1, 0.15) is 149 Å². The number of cyclic esters (lactones) is 1. The maximum Gasteiger partial charge on any atom is 0.322 e. The molecule has 0 spiro atoms. The van der Waals surface area contributed by atoms with E-state index in [1.54, 1.807) is 0 Å². The largest absolute Gasteiger partial charge is 0.466 e. The number of carbonyl (C=O) groups excluding carboxylic acids is 11. The van der Waals surface area contributed by atoms with Crippen molar-refractivity contribution in [2.45, 2.75) is 180 Å². The summed E-state index contributed by atoms with van der Waals surface area (Å²) in [4.78, 5) is 120. The van der Waals surface area contributed by atoms with Gasteiger partial charge in [0.25, 0.3) is 17.7 Å². The highest BCUT2D eigenvalue weighted by Gasteiger charge is 2.39. The summed E-state index contributed by atoms with van der Waals surface area (Å²) in [7, 11) is 0. The van der Waals surface area contributed by atoms with Crippen LogP contribution in [-0.2, 0) is 62.2 Å². The van der Waals surface area contributed by atoms with Crippen molar-refractivity contribution in [3.63, 3.8) is 0 Å². The van der Waals surface area contributed by atoms with Crippen molar-refractivity contribution in [1.29, 1.82) is 0 Å². The van der Waals surface area contributed by atoms with E-state index in [1.165, 1.54) is 23.5 Å². The zero-order chi connectivity index (χ0) is 68.6. The fourth-order valence-electron chi connectivity index (χ4n) is 8.27. The van der Waals surface area contributed by atoms with E-state index in [4.69, 9.17) is 14.0 Å². The fraction of sp³-hybridized carbons (Fsp3) is 0.619. The number of hydrogen-bond acceptors (Lipinski definition) is 20. The summed E-state index contributed by atoms with van der Waals surface area (Å²) in [5.74, 6) is 3.76. The Kier molecular flexibility index (Phi) is 36.4. The molecule has 0 bridgehead atoms. The average Bonchev–Trinajstić information content (AvgIpc) is 4.07. The summed E-state index contributed by atoms with van der Waals surface area (Å²) >= 11 is 4.21. The molecule has 24 nitrogen and oxygen atoms in total. The SMILES string of the molecule is C.C=C1NC(=O)C(C(C)C)N1.C=C1NC(=O)C(C(C)C)O1.C=C1NC(=O)C(C(C)C)O1.C=C1NC(=O)C(C(C)C)S1.C=C1NC(=O)C(C(C)C)S1.CC(C)C1C(=O)COC1=O.CC(C)C1C(=O)CSC1=O.CC(C)C1NC(=O)NC1=O.Cc1cc(C(C)C)on1. The monoisotopic (exact) mass is 1320 g/mol. The van der Waals surface area contributed by atoms with Gasteiger partial charge >= 0.3 is 12.0 Å². The maximum absolute atomic E-state index is 11.0. The highest BCUT2D eigenvalue weighted by molar-refractivity contribution is 8.15. The summed E-state index contributed by atoms with van der Waals surface area (Å²) in [5.41, 5.74) is 0.957. The molecule has 1 aromatic rings. The molecular weight excluding hydrogens is 1220 g/mol. The maximum atomic E-state index is 11.0. The van der Waals surface area contributed by atoms with Gasteiger partial charge in [-0.1, -0.05) is 192 Å². The minimum Gasteiger partial charge on any atom is -0.466 e. The van der Waals surface area contributed by atoms with Crippen LogP contribution in [0.2, 0.25) is 0 Å². The minimum absolute atomic E-state index is 0. The number of nitrogens with one attached hydrogen (secondary N) is 8. The number of amides is 8. The molecule has 0 aliphatic carbocycles. The van der Waals surface area contributed by atoms with Gasteiger partial charge in [-0.25, -0.2) is 4.79 Å². The van der Waals surface area contributed by atoms with Gasteiger partial charge in [0.2, 0.25) is 17.7 Å². The van der Waals surface area contributed by atoms with Gasteiger partial charge in [0.05, 0.1) is 43.7 Å². The van der Waals surface area contributed by atoms with Gasteiger partial charge < -0.3 is 45.3 Å². The predicted molar refractivity (Wildman–Crippen MR) is 352 cm³/mol. The molecule has 8 atom stereocenters. The van der Waals surface area contributed by atoms with Crippen LogP contribution in [0.5, 0.6) is 0 Å². The van der Waals surface area contributed by atoms with E-state index in [0.29, 0.717) is 47.0 Å². The first-order chi connectivity index (χ1) is 41.1. The third-order valence-electron chi connectivity index (χ3n) is 13.1. The first kappa shape index (κ1) is 83.1. The van der Waals surface area contributed by atoms with Gasteiger partial charge in [-0.05, 0) is 67.4 Å². The molecule has 9 rings (SSSR count). The molecule has 90 heavy (non-hydrogen) atoms. The number of carbonyl (C=O) groups is 11. The number of rotatable bonds is 9. The van der Waals surface area contributed by atoms with E-state index < -0.39 is 5.92 Å². The number of Topliss-reactive ketones (excluding diaryl/α,β-unsaturated/α-hetero) is 2. The number of aryl methyl sites for hydroxylation is 1. The molecule has 8 fully saturated rings. The van der Waals surface area contributed by atoms with Gasteiger partial charge in [-0.2, -0.15) is 0 Å². The van der Waals surface area contributed by atoms with Crippen LogP contribution >= 0.6 is 35.3 Å². The van der Waals surface area contributed by atoms with Gasteiger partial charge in [0.15, 0.2) is 47.3 Å². The van der Waals surface area contributed by atoms with Crippen molar-refractivity contribution in [1.82, 2.24) is 47.7 Å². The first-order valence-corrected chi connectivity index (χ1v) is 32.2. The number of imide groups is 1. The molecule has 8 N–H and O–H groups in total. The molecule has 8 amide bonds. The third kappa shape index (κ3) is 28.1. The first-order valence-electron chi connectivity index (χ1n) is 29.5. The normalized spacial score (nSPS) is 23.6. The van der Waals surface area contributed by atoms with Crippen molar-refractivity contribution in [3.05, 3.63) is 78.1 Å². The van der Waals surface area contributed by atoms with Crippen LogP contribution in [0.15, 0.2) is 71.1 Å². The van der Waals surface area contributed by atoms with Gasteiger partial charge in [0, 0.05) is 12.0 Å². The van der Waals surface area contributed by atoms with Crippen molar-refractivity contribution in [3.8, 4) is 0 Å². The summed E-state index contributed by atoms with van der Waals surface area (Å²) in [6, 6.07) is 1.15. The van der Waals surface area contributed by atoms with Crippen molar-refractivity contribution < 1.29 is 71.5 Å². The Hall–Kier alpha value is -6.87. The quantitative estimate of drug-likeness (QED) is 0.0655. The van der Waals surface area contributed by atoms with Crippen molar-refractivity contribution in [2.75, 3.05) is 12.4 Å². The zero-order valence-corrected chi connectivity index (χ0v) is 57.6. The Morgan fingerprint density at radius 1 is 0.489 bits per heavy atom. The molecular formula is C63H101N9O15S3. The molecule has 8 aliphatic heterocycles.